The van der Waals surface area contributed by atoms with Crippen LogP contribution < -0.4 is 5.32 Å². The van der Waals surface area contributed by atoms with Gasteiger partial charge in [-0.05, 0) is 32.9 Å². The number of carbonyl (C=O) groups is 2. The Morgan fingerprint density at radius 3 is 2.50 bits per heavy atom. The van der Waals surface area contributed by atoms with Crippen LogP contribution in [0.4, 0.5) is 14.9 Å². The Labute approximate surface area is 129 Å². The molecule has 1 saturated heterocycles. The molecule has 2 amide bonds. The van der Waals surface area contributed by atoms with E-state index in [1.54, 1.807) is 45.0 Å². The van der Waals surface area contributed by atoms with Crippen molar-refractivity contribution in [2.24, 2.45) is 0 Å². The van der Waals surface area contributed by atoms with E-state index in [0.29, 0.717) is 5.69 Å². The van der Waals surface area contributed by atoms with Gasteiger partial charge in [0.25, 0.3) is 0 Å². The van der Waals surface area contributed by atoms with E-state index in [2.05, 4.69) is 5.32 Å². The van der Waals surface area contributed by atoms with Gasteiger partial charge in [0.05, 0.1) is 6.54 Å². The van der Waals surface area contributed by atoms with Crippen LogP contribution in [0.2, 0.25) is 0 Å². The Hall–Kier alpha value is -2.11. The first-order valence-corrected chi connectivity index (χ1v) is 7.26. The minimum atomic E-state index is -1.22. The number of halogens is 1. The van der Waals surface area contributed by atoms with Gasteiger partial charge in [-0.3, -0.25) is 9.69 Å². The molecule has 2 rings (SSSR count). The Bertz CT molecular complexity index is 542. The Balaban J connectivity index is 2.07. The number of alkyl halides is 1. The van der Waals surface area contributed by atoms with E-state index in [1.165, 1.54) is 0 Å². The van der Waals surface area contributed by atoms with Crippen molar-refractivity contribution in [3.8, 4) is 0 Å². The highest BCUT2D eigenvalue weighted by Crippen LogP contribution is 2.24. The average Bonchev–Trinajstić information content (AvgIpc) is 2.80. The van der Waals surface area contributed by atoms with E-state index < -0.39 is 29.8 Å². The minimum absolute atomic E-state index is 0.0160. The number of hydrogen-bond donors (Lipinski definition) is 1. The van der Waals surface area contributed by atoms with Gasteiger partial charge in [0.15, 0.2) is 0 Å². The third-order valence-corrected chi connectivity index (χ3v) is 3.22. The third kappa shape index (κ3) is 4.19. The fraction of sp³-hybridized carbons (Fsp3) is 0.500. The zero-order valence-corrected chi connectivity index (χ0v) is 13.0. The smallest absolute Gasteiger partial charge is 0.411 e. The number of para-hydroxylation sites is 1. The standard InChI is InChI=1S/C16H21FN2O3/c1-16(2,3)22-15(21)19-10-11(17)9-13(19)14(20)18-12-7-5-4-6-8-12/h4-8,11,13H,9-10H2,1-3H3,(H,18,20). The maximum absolute atomic E-state index is 13.7. The van der Waals surface area contributed by atoms with E-state index in [1.807, 2.05) is 6.07 Å². The van der Waals surface area contributed by atoms with Crippen LogP contribution in [0.25, 0.3) is 0 Å². The lowest BCUT2D eigenvalue weighted by Gasteiger charge is -2.27. The number of hydrogen-bond acceptors (Lipinski definition) is 3. The van der Waals surface area contributed by atoms with Crippen LogP contribution in [0.15, 0.2) is 30.3 Å². The summed E-state index contributed by atoms with van der Waals surface area (Å²) in [5.41, 5.74) is -0.0784. The van der Waals surface area contributed by atoms with Crippen LogP contribution >= 0.6 is 0 Å². The van der Waals surface area contributed by atoms with E-state index >= 15 is 0 Å². The van der Waals surface area contributed by atoms with E-state index in [0.717, 1.165) is 4.90 Å². The molecule has 2 unspecified atom stereocenters. The van der Waals surface area contributed by atoms with Crippen LogP contribution in [0.3, 0.4) is 0 Å². The van der Waals surface area contributed by atoms with Crippen molar-refractivity contribution in [2.45, 2.75) is 45.0 Å². The average molecular weight is 308 g/mol. The predicted molar refractivity (Wildman–Crippen MR) is 81.3 cm³/mol. The first kappa shape index (κ1) is 16.3. The number of likely N-dealkylation sites (tertiary alicyclic amines) is 1. The molecule has 1 aromatic rings. The van der Waals surface area contributed by atoms with E-state index in [-0.39, 0.29) is 13.0 Å². The number of nitrogens with one attached hydrogen (secondary N) is 1. The fourth-order valence-corrected chi connectivity index (χ4v) is 2.30. The van der Waals surface area contributed by atoms with Gasteiger partial charge in [0.2, 0.25) is 5.91 Å². The summed E-state index contributed by atoms with van der Waals surface area (Å²) in [4.78, 5) is 25.6. The lowest BCUT2D eigenvalue weighted by molar-refractivity contribution is -0.120. The first-order valence-electron chi connectivity index (χ1n) is 7.26. The summed E-state index contributed by atoms with van der Waals surface area (Å²) in [6.45, 7) is 5.06. The summed E-state index contributed by atoms with van der Waals surface area (Å²) in [6, 6.07) is 8.01. The second kappa shape index (κ2) is 6.34. The summed E-state index contributed by atoms with van der Waals surface area (Å²) in [5, 5.41) is 2.70. The maximum Gasteiger partial charge on any atom is 0.411 e. The first-order chi connectivity index (χ1) is 10.3. The van der Waals surface area contributed by atoms with Crippen LogP contribution in [-0.2, 0) is 9.53 Å². The molecule has 1 N–H and O–H groups in total. The third-order valence-electron chi connectivity index (χ3n) is 3.22. The zero-order chi connectivity index (χ0) is 16.3. The van der Waals surface area contributed by atoms with Crippen molar-refractivity contribution in [1.29, 1.82) is 0 Å². The quantitative estimate of drug-likeness (QED) is 0.914. The minimum Gasteiger partial charge on any atom is -0.444 e. The molecule has 22 heavy (non-hydrogen) atoms. The highest BCUT2D eigenvalue weighted by Gasteiger charge is 2.41. The Morgan fingerprint density at radius 2 is 1.91 bits per heavy atom. The zero-order valence-electron chi connectivity index (χ0n) is 13.0. The summed E-state index contributed by atoms with van der Waals surface area (Å²) in [5.74, 6) is -0.405. The van der Waals surface area contributed by atoms with Gasteiger partial charge in [-0.15, -0.1) is 0 Å². The molecule has 5 nitrogen and oxygen atoms in total. The Morgan fingerprint density at radius 1 is 1.27 bits per heavy atom. The molecule has 0 spiro atoms. The van der Waals surface area contributed by atoms with Gasteiger partial charge in [-0.2, -0.15) is 0 Å². The number of carbonyl (C=O) groups excluding carboxylic acids is 2. The topological polar surface area (TPSA) is 58.6 Å². The monoisotopic (exact) mass is 308 g/mol. The molecule has 2 atom stereocenters. The van der Waals surface area contributed by atoms with Gasteiger partial charge >= 0.3 is 6.09 Å². The van der Waals surface area contributed by atoms with Gasteiger partial charge in [0, 0.05) is 12.1 Å². The summed E-state index contributed by atoms with van der Waals surface area (Å²) in [6.07, 6.45) is -1.90. The summed E-state index contributed by atoms with van der Waals surface area (Å²) >= 11 is 0. The number of rotatable bonds is 2. The van der Waals surface area contributed by atoms with Gasteiger partial charge in [-0.1, -0.05) is 18.2 Å². The molecule has 120 valence electrons. The number of ether oxygens (including phenoxy) is 1. The summed E-state index contributed by atoms with van der Waals surface area (Å²) in [7, 11) is 0. The maximum atomic E-state index is 13.7. The number of anilines is 1. The Kier molecular flexibility index (Phi) is 4.68. The number of benzene rings is 1. The van der Waals surface area contributed by atoms with Crippen LogP contribution in [0, 0.1) is 0 Å². The van der Waals surface area contributed by atoms with Crippen molar-refractivity contribution in [3.05, 3.63) is 30.3 Å². The highest BCUT2D eigenvalue weighted by molar-refractivity contribution is 5.97. The van der Waals surface area contributed by atoms with Gasteiger partial charge in [0.1, 0.15) is 17.8 Å². The normalized spacial score (nSPS) is 21.5. The van der Waals surface area contributed by atoms with Crippen LogP contribution in [0.1, 0.15) is 27.2 Å². The fourth-order valence-electron chi connectivity index (χ4n) is 2.30. The molecule has 1 heterocycles. The molecule has 1 aliphatic heterocycles. The SMILES string of the molecule is CC(C)(C)OC(=O)N1CC(F)CC1C(=O)Nc1ccccc1. The van der Waals surface area contributed by atoms with Crippen molar-refractivity contribution in [3.63, 3.8) is 0 Å². The molecule has 0 bridgehead atoms. The lowest BCUT2D eigenvalue weighted by atomic mass is 10.2. The van der Waals surface area contributed by atoms with Crippen LogP contribution in [-0.4, -0.2) is 41.3 Å². The molecule has 0 aliphatic carbocycles. The summed E-state index contributed by atoms with van der Waals surface area (Å²) < 4.78 is 18.9. The van der Waals surface area contributed by atoms with Gasteiger partial charge < -0.3 is 10.1 Å². The lowest BCUT2D eigenvalue weighted by Crippen LogP contribution is -2.45. The molecule has 1 fully saturated rings. The number of nitrogens with zero attached hydrogens (tertiary/aromatic N) is 1. The van der Waals surface area contributed by atoms with Crippen molar-refractivity contribution < 1.29 is 18.7 Å². The van der Waals surface area contributed by atoms with Crippen LogP contribution in [0.5, 0.6) is 0 Å². The molecule has 0 aromatic heterocycles. The molecular formula is C16H21FN2O3. The van der Waals surface area contributed by atoms with E-state index in [4.69, 9.17) is 4.74 Å². The second-order valence-corrected chi connectivity index (χ2v) is 6.34. The highest BCUT2D eigenvalue weighted by atomic mass is 19.1. The molecular weight excluding hydrogens is 287 g/mol. The molecule has 0 radical (unpaired) electrons. The molecule has 1 aromatic carbocycles. The second-order valence-electron chi connectivity index (χ2n) is 6.34. The van der Waals surface area contributed by atoms with E-state index in [9.17, 15) is 14.0 Å². The predicted octanol–water partition coefficient (Wildman–Crippen LogP) is 2.97. The molecule has 1 aliphatic rings. The van der Waals surface area contributed by atoms with Crippen molar-refractivity contribution >= 4 is 17.7 Å². The molecule has 0 saturated carbocycles. The van der Waals surface area contributed by atoms with Crippen molar-refractivity contribution in [2.75, 3.05) is 11.9 Å². The van der Waals surface area contributed by atoms with Crippen molar-refractivity contribution in [1.82, 2.24) is 4.90 Å². The van der Waals surface area contributed by atoms with Gasteiger partial charge in [-0.25, -0.2) is 9.18 Å². The largest absolute Gasteiger partial charge is 0.444 e. The molecule has 6 heteroatoms. The number of amides is 2.